The highest BCUT2D eigenvalue weighted by Gasteiger charge is 2.29. The number of rotatable bonds is 4. The van der Waals surface area contributed by atoms with E-state index in [-0.39, 0.29) is 11.9 Å². The summed E-state index contributed by atoms with van der Waals surface area (Å²) in [6.45, 7) is 5.71. The summed E-state index contributed by atoms with van der Waals surface area (Å²) in [5.41, 5.74) is 1.39. The van der Waals surface area contributed by atoms with Crippen LogP contribution < -0.4 is 9.64 Å². The maximum absolute atomic E-state index is 13.5. The summed E-state index contributed by atoms with van der Waals surface area (Å²) in [6, 6.07) is 15.3. The molecule has 0 unspecified atom stereocenters. The normalized spacial score (nSPS) is 16.4. The van der Waals surface area contributed by atoms with Crippen molar-refractivity contribution in [2.24, 2.45) is 0 Å². The van der Waals surface area contributed by atoms with E-state index in [4.69, 9.17) is 4.74 Å². The zero-order valence-electron chi connectivity index (χ0n) is 17.0. The average molecular weight is 406 g/mol. The fourth-order valence-electron chi connectivity index (χ4n) is 3.60. The van der Waals surface area contributed by atoms with Crippen LogP contribution in [0.15, 0.2) is 60.9 Å². The summed E-state index contributed by atoms with van der Waals surface area (Å²) in [5.74, 6) is 1.40. The SMILES string of the molecule is Cc1ccccc1Oc1cc(N2CCN(C(=O)c3cccc(F)c3)[C@@H](C)C2)ncn1. The Bertz CT molecular complexity index is 1060. The van der Waals surface area contributed by atoms with E-state index in [2.05, 4.69) is 14.9 Å². The molecule has 6 nitrogen and oxygen atoms in total. The van der Waals surface area contributed by atoms with Gasteiger partial charge in [-0.3, -0.25) is 4.79 Å². The molecule has 0 spiro atoms. The minimum absolute atomic E-state index is 0.0507. The van der Waals surface area contributed by atoms with Crippen molar-refractivity contribution in [3.8, 4) is 11.6 Å². The van der Waals surface area contributed by atoms with Crippen molar-refractivity contribution in [3.63, 3.8) is 0 Å². The van der Waals surface area contributed by atoms with E-state index >= 15 is 0 Å². The topological polar surface area (TPSA) is 58.6 Å². The van der Waals surface area contributed by atoms with E-state index in [1.54, 1.807) is 17.0 Å². The predicted molar refractivity (Wildman–Crippen MR) is 112 cm³/mol. The average Bonchev–Trinajstić information content (AvgIpc) is 2.75. The van der Waals surface area contributed by atoms with E-state index in [9.17, 15) is 9.18 Å². The molecule has 0 saturated carbocycles. The lowest BCUT2D eigenvalue weighted by Gasteiger charge is -2.40. The van der Waals surface area contributed by atoms with Crippen LogP contribution in [0, 0.1) is 12.7 Å². The third-order valence-corrected chi connectivity index (χ3v) is 5.22. The van der Waals surface area contributed by atoms with Crippen molar-refractivity contribution in [1.82, 2.24) is 14.9 Å². The van der Waals surface area contributed by atoms with E-state index < -0.39 is 5.82 Å². The summed E-state index contributed by atoms with van der Waals surface area (Å²) in [5, 5.41) is 0. The number of halogens is 1. The Balaban J connectivity index is 1.45. The number of aromatic nitrogens is 2. The van der Waals surface area contributed by atoms with Gasteiger partial charge in [-0.05, 0) is 43.7 Å². The molecule has 30 heavy (non-hydrogen) atoms. The number of hydrogen-bond donors (Lipinski definition) is 0. The molecule has 1 aliphatic rings. The third-order valence-electron chi connectivity index (χ3n) is 5.22. The number of ether oxygens (including phenoxy) is 1. The molecule has 1 amide bonds. The van der Waals surface area contributed by atoms with Gasteiger partial charge in [-0.25, -0.2) is 14.4 Å². The number of hydrogen-bond acceptors (Lipinski definition) is 5. The highest BCUT2D eigenvalue weighted by Crippen LogP contribution is 2.26. The van der Waals surface area contributed by atoms with Crippen LogP contribution in [0.3, 0.4) is 0 Å². The Morgan fingerprint density at radius 3 is 2.70 bits per heavy atom. The Labute approximate surface area is 174 Å². The molecule has 0 N–H and O–H groups in total. The Morgan fingerprint density at radius 1 is 1.10 bits per heavy atom. The first-order valence-electron chi connectivity index (χ1n) is 9.88. The van der Waals surface area contributed by atoms with Crippen molar-refractivity contribution in [2.45, 2.75) is 19.9 Å². The summed E-state index contributed by atoms with van der Waals surface area (Å²) in [6.07, 6.45) is 1.48. The van der Waals surface area contributed by atoms with Crippen molar-refractivity contribution >= 4 is 11.7 Å². The first-order chi connectivity index (χ1) is 14.5. The molecule has 4 rings (SSSR count). The van der Waals surface area contributed by atoms with Crippen LogP contribution in [0.2, 0.25) is 0 Å². The second kappa shape index (κ2) is 8.49. The van der Waals surface area contributed by atoms with E-state index in [1.165, 1.54) is 18.5 Å². The second-order valence-electron chi connectivity index (χ2n) is 7.39. The second-order valence-corrected chi connectivity index (χ2v) is 7.39. The standard InChI is InChI=1S/C23H23FN4O2/c1-16-6-3-4-9-20(16)30-22-13-21(25-15-26-22)27-10-11-28(17(2)14-27)23(29)18-7-5-8-19(24)12-18/h3-9,12-13,15,17H,10-11,14H2,1-2H3/t17-/m0/s1. The van der Waals surface area contributed by atoms with Gasteiger partial charge in [0.15, 0.2) is 0 Å². The van der Waals surface area contributed by atoms with Gasteiger partial charge < -0.3 is 14.5 Å². The number of aryl methyl sites for hydroxylation is 1. The van der Waals surface area contributed by atoms with Gasteiger partial charge in [0.1, 0.15) is 23.7 Å². The predicted octanol–water partition coefficient (Wildman–Crippen LogP) is 4.07. The van der Waals surface area contributed by atoms with Gasteiger partial charge in [0.25, 0.3) is 5.91 Å². The molecule has 154 valence electrons. The summed E-state index contributed by atoms with van der Waals surface area (Å²) < 4.78 is 19.4. The van der Waals surface area contributed by atoms with Crippen LogP contribution in [0.25, 0.3) is 0 Å². The minimum atomic E-state index is -0.408. The van der Waals surface area contributed by atoms with Gasteiger partial charge in [0, 0.05) is 37.3 Å². The van der Waals surface area contributed by atoms with Crippen LogP contribution in [-0.4, -0.2) is 46.5 Å². The number of amides is 1. The molecule has 1 saturated heterocycles. The van der Waals surface area contributed by atoms with Crippen LogP contribution >= 0.6 is 0 Å². The zero-order chi connectivity index (χ0) is 21.1. The van der Waals surface area contributed by atoms with Crippen LogP contribution in [0.4, 0.5) is 10.2 Å². The number of anilines is 1. The summed E-state index contributed by atoms with van der Waals surface area (Å²) in [7, 11) is 0. The number of benzene rings is 2. The first kappa shape index (κ1) is 19.8. The molecule has 7 heteroatoms. The van der Waals surface area contributed by atoms with E-state index in [0.29, 0.717) is 31.1 Å². The third kappa shape index (κ3) is 4.25. The first-order valence-corrected chi connectivity index (χ1v) is 9.88. The Hall–Kier alpha value is -3.48. The lowest BCUT2D eigenvalue weighted by Crippen LogP contribution is -2.54. The number of nitrogens with zero attached hydrogens (tertiary/aromatic N) is 4. The zero-order valence-corrected chi connectivity index (χ0v) is 17.0. The Kier molecular flexibility index (Phi) is 5.61. The number of carbonyl (C=O) groups excluding carboxylic acids is 1. The fraction of sp³-hybridized carbons (Fsp3) is 0.261. The molecule has 2 aromatic carbocycles. The summed E-state index contributed by atoms with van der Waals surface area (Å²) in [4.78, 5) is 25.3. The molecule has 0 radical (unpaired) electrons. The van der Waals surface area contributed by atoms with Gasteiger partial charge in [0.05, 0.1) is 0 Å². The van der Waals surface area contributed by atoms with Crippen LogP contribution in [0.5, 0.6) is 11.6 Å². The lowest BCUT2D eigenvalue weighted by molar-refractivity contribution is 0.0673. The van der Waals surface area contributed by atoms with Crippen molar-refractivity contribution in [1.29, 1.82) is 0 Å². The van der Waals surface area contributed by atoms with Crippen molar-refractivity contribution < 1.29 is 13.9 Å². The number of carbonyl (C=O) groups is 1. The molecule has 1 aromatic heterocycles. The van der Waals surface area contributed by atoms with Crippen LogP contribution in [-0.2, 0) is 0 Å². The van der Waals surface area contributed by atoms with Gasteiger partial charge in [0.2, 0.25) is 5.88 Å². The largest absolute Gasteiger partial charge is 0.439 e. The van der Waals surface area contributed by atoms with Gasteiger partial charge in [-0.15, -0.1) is 0 Å². The quantitative estimate of drug-likeness (QED) is 0.654. The van der Waals surface area contributed by atoms with Gasteiger partial charge in [-0.2, -0.15) is 0 Å². The smallest absolute Gasteiger partial charge is 0.254 e. The lowest BCUT2D eigenvalue weighted by atomic mass is 10.1. The molecule has 1 aliphatic heterocycles. The molecule has 2 heterocycles. The molecule has 0 bridgehead atoms. The molecule has 1 fully saturated rings. The van der Waals surface area contributed by atoms with E-state index in [1.807, 2.05) is 44.2 Å². The van der Waals surface area contributed by atoms with Gasteiger partial charge in [-0.1, -0.05) is 24.3 Å². The van der Waals surface area contributed by atoms with Crippen LogP contribution in [0.1, 0.15) is 22.8 Å². The Morgan fingerprint density at radius 2 is 1.93 bits per heavy atom. The molecule has 3 aromatic rings. The van der Waals surface area contributed by atoms with Crippen molar-refractivity contribution in [3.05, 3.63) is 77.9 Å². The molecular weight excluding hydrogens is 383 g/mol. The van der Waals surface area contributed by atoms with Crippen molar-refractivity contribution in [2.75, 3.05) is 24.5 Å². The molecular formula is C23H23FN4O2. The monoisotopic (exact) mass is 406 g/mol. The molecule has 1 atom stereocenters. The fourth-order valence-corrected chi connectivity index (χ4v) is 3.60. The number of piperazine rings is 1. The maximum atomic E-state index is 13.5. The minimum Gasteiger partial charge on any atom is -0.439 e. The maximum Gasteiger partial charge on any atom is 0.254 e. The number of para-hydroxylation sites is 1. The highest BCUT2D eigenvalue weighted by molar-refractivity contribution is 5.94. The van der Waals surface area contributed by atoms with Gasteiger partial charge >= 0.3 is 0 Å². The molecule has 0 aliphatic carbocycles. The highest BCUT2D eigenvalue weighted by atomic mass is 19.1. The summed E-state index contributed by atoms with van der Waals surface area (Å²) >= 11 is 0. The van der Waals surface area contributed by atoms with E-state index in [0.717, 1.165) is 17.1 Å².